The van der Waals surface area contributed by atoms with Crippen molar-refractivity contribution in [3.05, 3.63) is 0 Å². The monoisotopic (exact) mass is 222 g/mol. The zero-order valence-electron chi connectivity index (χ0n) is 8.50. The van der Waals surface area contributed by atoms with Gasteiger partial charge in [-0.25, -0.2) is 4.79 Å². The van der Waals surface area contributed by atoms with Crippen LogP contribution in [-0.2, 0) is 4.74 Å². The molecular weight excluding hydrogens is 204 g/mol. The van der Waals surface area contributed by atoms with Gasteiger partial charge in [-0.2, -0.15) is 0 Å². The van der Waals surface area contributed by atoms with Gasteiger partial charge >= 0.3 is 6.09 Å². The van der Waals surface area contributed by atoms with Gasteiger partial charge in [-0.1, -0.05) is 0 Å². The molecule has 5 N–H and O–H groups in total. The summed E-state index contributed by atoms with van der Waals surface area (Å²) < 4.78 is 4.40. The third-order valence-electron chi connectivity index (χ3n) is 1.72. The standard InChI is InChI=1S/C8H18N2O5/c9-8(14)15-6-7(13)5-10(1-3-11)2-4-12/h7,11-13H,1-6H2,(H2,9,14)/t7-/m0/s1. The maximum Gasteiger partial charge on any atom is 0.404 e. The molecule has 0 rings (SSSR count). The molecular formula is C8H18N2O5. The molecule has 0 aromatic heterocycles. The van der Waals surface area contributed by atoms with Crippen LogP contribution in [0.15, 0.2) is 0 Å². The lowest BCUT2D eigenvalue weighted by molar-refractivity contribution is 0.0382. The minimum Gasteiger partial charge on any atom is -0.447 e. The van der Waals surface area contributed by atoms with E-state index in [0.717, 1.165) is 0 Å². The number of nitrogens with zero attached hydrogens (tertiary/aromatic N) is 1. The highest BCUT2D eigenvalue weighted by Crippen LogP contribution is 1.93. The van der Waals surface area contributed by atoms with E-state index in [9.17, 15) is 9.90 Å². The molecule has 0 unspecified atom stereocenters. The number of carbonyl (C=O) groups excluding carboxylic acids is 1. The van der Waals surface area contributed by atoms with Crippen molar-refractivity contribution < 1.29 is 24.9 Å². The second kappa shape index (κ2) is 8.42. The number of aliphatic hydroxyl groups is 3. The smallest absolute Gasteiger partial charge is 0.404 e. The molecule has 0 radical (unpaired) electrons. The first-order valence-electron chi connectivity index (χ1n) is 4.64. The van der Waals surface area contributed by atoms with Crippen LogP contribution in [-0.4, -0.2) is 71.9 Å². The van der Waals surface area contributed by atoms with Crippen LogP contribution < -0.4 is 5.73 Å². The molecule has 1 amide bonds. The molecule has 7 heteroatoms. The van der Waals surface area contributed by atoms with Crippen molar-refractivity contribution in [2.75, 3.05) is 39.5 Å². The highest BCUT2D eigenvalue weighted by atomic mass is 16.6. The van der Waals surface area contributed by atoms with E-state index in [1.807, 2.05) is 0 Å². The van der Waals surface area contributed by atoms with Gasteiger partial charge < -0.3 is 25.8 Å². The lowest BCUT2D eigenvalue weighted by atomic mass is 10.3. The van der Waals surface area contributed by atoms with Crippen LogP contribution in [0.25, 0.3) is 0 Å². The lowest BCUT2D eigenvalue weighted by Gasteiger charge is -2.22. The highest BCUT2D eigenvalue weighted by Gasteiger charge is 2.12. The molecule has 15 heavy (non-hydrogen) atoms. The Morgan fingerprint density at radius 3 is 2.27 bits per heavy atom. The van der Waals surface area contributed by atoms with Crippen LogP contribution in [0.3, 0.4) is 0 Å². The molecule has 0 aromatic carbocycles. The van der Waals surface area contributed by atoms with E-state index in [2.05, 4.69) is 4.74 Å². The molecule has 0 heterocycles. The van der Waals surface area contributed by atoms with Gasteiger partial charge in [0.05, 0.1) is 13.2 Å². The molecule has 0 aliphatic carbocycles. The van der Waals surface area contributed by atoms with Crippen LogP contribution in [0.4, 0.5) is 4.79 Å². The summed E-state index contributed by atoms with van der Waals surface area (Å²) in [5.41, 5.74) is 4.72. The van der Waals surface area contributed by atoms with E-state index >= 15 is 0 Å². The van der Waals surface area contributed by atoms with Crippen molar-refractivity contribution in [3.63, 3.8) is 0 Å². The summed E-state index contributed by atoms with van der Waals surface area (Å²) in [6, 6.07) is 0. The number of amides is 1. The fraction of sp³-hybridized carbons (Fsp3) is 0.875. The largest absolute Gasteiger partial charge is 0.447 e. The van der Waals surface area contributed by atoms with E-state index < -0.39 is 12.2 Å². The lowest BCUT2D eigenvalue weighted by Crippen LogP contribution is -2.39. The Labute approximate surface area is 88.1 Å². The first-order chi connectivity index (χ1) is 7.10. The summed E-state index contributed by atoms with van der Waals surface area (Å²) in [5, 5.41) is 26.8. The van der Waals surface area contributed by atoms with Crippen molar-refractivity contribution >= 4 is 6.09 Å². The number of nitrogens with two attached hydrogens (primary N) is 1. The van der Waals surface area contributed by atoms with Gasteiger partial charge in [-0.15, -0.1) is 0 Å². The predicted octanol–water partition coefficient (Wildman–Crippen LogP) is -2.27. The molecule has 0 aliphatic heterocycles. The van der Waals surface area contributed by atoms with E-state index in [4.69, 9.17) is 15.9 Å². The van der Waals surface area contributed by atoms with Crippen molar-refractivity contribution in [1.82, 2.24) is 4.90 Å². The molecule has 0 aliphatic rings. The zero-order chi connectivity index (χ0) is 11.7. The molecule has 7 nitrogen and oxygen atoms in total. The fourth-order valence-electron chi connectivity index (χ4n) is 1.11. The quantitative estimate of drug-likeness (QED) is 0.368. The summed E-state index contributed by atoms with van der Waals surface area (Å²) >= 11 is 0. The maximum atomic E-state index is 10.2. The van der Waals surface area contributed by atoms with Crippen LogP contribution >= 0.6 is 0 Å². The van der Waals surface area contributed by atoms with Crippen molar-refractivity contribution in [3.8, 4) is 0 Å². The molecule has 0 spiro atoms. The van der Waals surface area contributed by atoms with Gasteiger partial charge in [0.15, 0.2) is 0 Å². The third kappa shape index (κ3) is 8.13. The number of hydrogen-bond donors (Lipinski definition) is 4. The van der Waals surface area contributed by atoms with Crippen LogP contribution in [0, 0.1) is 0 Å². The van der Waals surface area contributed by atoms with E-state index in [0.29, 0.717) is 13.1 Å². The van der Waals surface area contributed by atoms with Gasteiger partial charge in [-0.05, 0) is 0 Å². The molecule has 0 bridgehead atoms. The summed E-state index contributed by atoms with van der Waals surface area (Å²) in [4.78, 5) is 11.9. The van der Waals surface area contributed by atoms with Crippen LogP contribution in [0.2, 0.25) is 0 Å². The Morgan fingerprint density at radius 1 is 1.33 bits per heavy atom. The Kier molecular flexibility index (Phi) is 7.92. The second-order valence-corrected chi connectivity index (χ2v) is 3.03. The Morgan fingerprint density at radius 2 is 1.87 bits per heavy atom. The Balaban J connectivity index is 3.76. The van der Waals surface area contributed by atoms with Gasteiger partial charge in [0.2, 0.25) is 0 Å². The molecule has 0 saturated heterocycles. The van der Waals surface area contributed by atoms with Gasteiger partial charge in [-0.3, -0.25) is 4.90 Å². The Hall–Kier alpha value is -0.890. The summed E-state index contributed by atoms with van der Waals surface area (Å²) in [7, 11) is 0. The summed E-state index contributed by atoms with van der Waals surface area (Å²) in [6.45, 7) is 0.562. The van der Waals surface area contributed by atoms with Gasteiger partial charge in [0.1, 0.15) is 12.7 Å². The maximum absolute atomic E-state index is 10.2. The highest BCUT2D eigenvalue weighted by molar-refractivity contribution is 5.64. The van der Waals surface area contributed by atoms with E-state index in [1.165, 1.54) is 0 Å². The van der Waals surface area contributed by atoms with Gasteiger partial charge in [0, 0.05) is 19.6 Å². The van der Waals surface area contributed by atoms with Crippen molar-refractivity contribution in [2.24, 2.45) is 5.73 Å². The number of carbonyl (C=O) groups is 1. The number of hydrogen-bond acceptors (Lipinski definition) is 6. The molecule has 90 valence electrons. The fourth-order valence-corrected chi connectivity index (χ4v) is 1.11. The molecule has 0 saturated carbocycles. The number of ether oxygens (including phenoxy) is 1. The van der Waals surface area contributed by atoms with Crippen LogP contribution in [0.5, 0.6) is 0 Å². The third-order valence-corrected chi connectivity index (χ3v) is 1.72. The average molecular weight is 222 g/mol. The Bertz CT molecular complexity index is 172. The van der Waals surface area contributed by atoms with Gasteiger partial charge in [0.25, 0.3) is 0 Å². The van der Waals surface area contributed by atoms with Crippen LogP contribution in [0.1, 0.15) is 0 Å². The first kappa shape index (κ1) is 14.1. The molecule has 1 atom stereocenters. The van der Waals surface area contributed by atoms with Crippen molar-refractivity contribution in [1.29, 1.82) is 0 Å². The van der Waals surface area contributed by atoms with Crippen molar-refractivity contribution in [2.45, 2.75) is 6.10 Å². The van der Waals surface area contributed by atoms with E-state index in [1.54, 1.807) is 4.90 Å². The zero-order valence-corrected chi connectivity index (χ0v) is 8.50. The minimum atomic E-state index is -0.940. The number of aliphatic hydroxyl groups excluding tert-OH is 3. The topological polar surface area (TPSA) is 116 Å². The summed E-state index contributed by atoms with van der Waals surface area (Å²) in [5.74, 6) is 0. The minimum absolute atomic E-state index is 0.0661. The number of rotatable bonds is 8. The SMILES string of the molecule is NC(=O)OC[C@@H](O)CN(CCO)CCO. The predicted molar refractivity (Wildman–Crippen MR) is 52.2 cm³/mol. The molecule has 0 fully saturated rings. The molecule has 0 aromatic rings. The second-order valence-electron chi connectivity index (χ2n) is 3.03. The summed E-state index contributed by atoms with van der Waals surface area (Å²) in [6.07, 6.45) is -1.82. The first-order valence-corrected chi connectivity index (χ1v) is 4.64. The van der Waals surface area contributed by atoms with E-state index in [-0.39, 0.29) is 26.4 Å². The average Bonchev–Trinajstić information content (AvgIpc) is 2.15. The normalized spacial score (nSPS) is 12.8. The number of primary amides is 1.